The molecule has 140 valence electrons. The van der Waals surface area contributed by atoms with Gasteiger partial charge in [0, 0.05) is 19.0 Å². The van der Waals surface area contributed by atoms with Crippen molar-refractivity contribution in [2.24, 2.45) is 0 Å². The van der Waals surface area contributed by atoms with Crippen LogP contribution in [0.3, 0.4) is 0 Å². The summed E-state index contributed by atoms with van der Waals surface area (Å²) >= 11 is 0.805. The highest BCUT2D eigenvalue weighted by Gasteiger charge is 2.38. The number of aryl methyl sites for hydroxylation is 1. The van der Waals surface area contributed by atoms with E-state index in [0.717, 1.165) is 22.9 Å². The van der Waals surface area contributed by atoms with E-state index >= 15 is 0 Å². The molecule has 0 saturated carbocycles. The van der Waals surface area contributed by atoms with Gasteiger partial charge in [0.2, 0.25) is 11.8 Å². The van der Waals surface area contributed by atoms with Crippen LogP contribution in [-0.4, -0.2) is 53.2 Å². The quantitative estimate of drug-likeness (QED) is 0.804. The Morgan fingerprint density at radius 1 is 1.27 bits per heavy atom. The van der Waals surface area contributed by atoms with Gasteiger partial charge in [-0.25, -0.2) is 8.42 Å². The van der Waals surface area contributed by atoms with Crippen molar-refractivity contribution in [2.75, 3.05) is 11.5 Å². The van der Waals surface area contributed by atoms with E-state index in [2.05, 4.69) is 5.32 Å². The van der Waals surface area contributed by atoms with Crippen LogP contribution in [0.25, 0.3) is 0 Å². The SMILES string of the molecule is Cc1ccc(CN(C(=O)CC2SC(=O)NC2=O)C2CCS(=O)(=O)C2)cc1. The number of rotatable bonds is 5. The Morgan fingerprint density at radius 3 is 2.50 bits per heavy atom. The minimum Gasteiger partial charge on any atom is -0.334 e. The van der Waals surface area contributed by atoms with Gasteiger partial charge in [-0.1, -0.05) is 41.6 Å². The highest BCUT2D eigenvalue weighted by atomic mass is 32.2. The van der Waals surface area contributed by atoms with E-state index in [9.17, 15) is 22.8 Å². The fraction of sp³-hybridized carbons (Fsp3) is 0.471. The lowest BCUT2D eigenvalue weighted by Crippen LogP contribution is -2.42. The van der Waals surface area contributed by atoms with Crippen molar-refractivity contribution < 1.29 is 22.8 Å². The van der Waals surface area contributed by atoms with Crippen molar-refractivity contribution in [3.8, 4) is 0 Å². The lowest BCUT2D eigenvalue weighted by molar-refractivity contribution is -0.135. The third-order valence-electron chi connectivity index (χ3n) is 4.57. The minimum atomic E-state index is -3.15. The Bertz CT molecular complexity index is 835. The van der Waals surface area contributed by atoms with Crippen LogP contribution in [0.4, 0.5) is 4.79 Å². The van der Waals surface area contributed by atoms with E-state index in [1.807, 2.05) is 31.2 Å². The summed E-state index contributed by atoms with van der Waals surface area (Å²) in [5, 5.41) is 0.955. The lowest BCUT2D eigenvalue weighted by atomic mass is 10.1. The lowest BCUT2D eigenvalue weighted by Gasteiger charge is -2.29. The number of hydrogen-bond acceptors (Lipinski definition) is 6. The van der Waals surface area contributed by atoms with E-state index in [-0.39, 0.29) is 30.4 Å². The van der Waals surface area contributed by atoms with E-state index < -0.39 is 32.3 Å². The van der Waals surface area contributed by atoms with Gasteiger partial charge in [0.1, 0.15) is 5.25 Å². The zero-order valence-electron chi connectivity index (χ0n) is 14.3. The van der Waals surface area contributed by atoms with Crippen molar-refractivity contribution >= 4 is 38.7 Å². The number of amides is 3. The van der Waals surface area contributed by atoms with Crippen molar-refractivity contribution in [1.82, 2.24) is 10.2 Å². The second-order valence-corrected chi connectivity index (χ2v) is 10.1. The molecule has 2 atom stereocenters. The molecule has 1 N–H and O–H groups in total. The molecule has 1 aromatic carbocycles. The molecule has 0 aromatic heterocycles. The third kappa shape index (κ3) is 4.45. The molecular formula is C17H20N2O5S2. The molecule has 2 heterocycles. The molecule has 0 bridgehead atoms. The largest absolute Gasteiger partial charge is 0.334 e. The minimum absolute atomic E-state index is 0.0620. The molecule has 2 saturated heterocycles. The Balaban J connectivity index is 1.77. The molecule has 3 amide bonds. The highest BCUT2D eigenvalue weighted by molar-refractivity contribution is 8.15. The van der Waals surface area contributed by atoms with Gasteiger partial charge in [-0.2, -0.15) is 0 Å². The first-order valence-corrected chi connectivity index (χ1v) is 11.0. The predicted molar refractivity (Wildman–Crippen MR) is 98.3 cm³/mol. The van der Waals surface area contributed by atoms with Crippen molar-refractivity contribution in [1.29, 1.82) is 0 Å². The number of nitrogens with zero attached hydrogens (tertiary/aromatic N) is 1. The Kier molecular flexibility index (Phi) is 5.38. The zero-order valence-corrected chi connectivity index (χ0v) is 15.9. The van der Waals surface area contributed by atoms with E-state index in [1.165, 1.54) is 0 Å². The third-order valence-corrected chi connectivity index (χ3v) is 7.30. The molecule has 0 aliphatic carbocycles. The van der Waals surface area contributed by atoms with Gasteiger partial charge in [0.15, 0.2) is 9.84 Å². The number of hydrogen-bond donors (Lipinski definition) is 1. The highest BCUT2D eigenvalue weighted by Crippen LogP contribution is 2.26. The fourth-order valence-electron chi connectivity index (χ4n) is 3.14. The smallest absolute Gasteiger partial charge is 0.286 e. The zero-order chi connectivity index (χ0) is 18.9. The molecule has 3 rings (SSSR count). The van der Waals surface area contributed by atoms with Gasteiger partial charge in [0.25, 0.3) is 5.24 Å². The number of imide groups is 1. The van der Waals surface area contributed by atoms with Crippen molar-refractivity contribution in [3.63, 3.8) is 0 Å². The molecule has 0 radical (unpaired) electrons. The summed E-state index contributed by atoms with van der Waals surface area (Å²) in [4.78, 5) is 37.4. The van der Waals surface area contributed by atoms with Gasteiger partial charge in [0.05, 0.1) is 11.5 Å². The predicted octanol–water partition coefficient (Wildman–Crippen LogP) is 1.25. The van der Waals surface area contributed by atoms with Gasteiger partial charge >= 0.3 is 0 Å². The maximum Gasteiger partial charge on any atom is 0.286 e. The van der Waals surface area contributed by atoms with Gasteiger partial charge in [-0.05, 0) is 18.9 Å². The number of thioether (sulfide) groups is 1. The van der Waals surface area contributed by atoms with Crippen LogP contribution in [0.15, 0.2) is 24.3 Å². The Hall–Kier alpha value is -1.87. The molecule has 26 heavy (non-hydrogen) atoms. The molecule has 0 spiro atoms. The molecule has 7 nitrogen and oxygen atoms in total. The van der Waals surface area contributed by atoms with Crippen LogP contribution in [0.5, 0.6) is 0 Å². The summed E-state index contributed by atoms with van der Waals surface area (Å²) in [5.41, 5.74) is 1.99. The van der Waals surface area contributed by atoms with Crippen LogP contribution in [-0.2, 0) is 26.0 Å². The molecule has 2 unspecified atom stereocenters. The molecule has 2 aliphatic rings. The molecule has 9 heteroatoms. The summed E-state index contributed by atoms with van der Waals surface area (Å²) in [5.74, 6) is -0.780. The number of sulfone groups is 1. The molecular weight excluding hydrogens is 376 g/mol. The first kappa shape index (κ1) is 18.9. The topological polar surface area (TPSA) is 101 Å². The summed E-state index contributed by atoms with van der Waals surface area (Å²) in [6.45, 7) is 2.25. The summed E-state index contributed by atoms with van der Waals surface area (Å²) in [6.07, 6.45) is 0.271. The number of nitrogens with one attached hydrogen (secondary N) is 1. The van der Waals surface area contributed by atoms with E-state index in [1.54, 1.807) is 4.90 Å². The van der Waals surface area contributed by atoms with Gasteiger partial charge in [-0.3, -0.25) is 19.7 Å². The first-order valence-electron chi connectivity index (χ1n) is 8.30. The van der Waals surface area contributed by atoms with Crippen LogP contribution in [0, 0.1) is 6.92 Å². The van der Waals surface area contributed by atoms with Crippen molar-refractivity contribution in [2.45, 2.75) is 37.6 Å². The standard InChI is InChI=1S/C17H20N2O5S2/c1-11-2-4-12(5-3-11)9-19(13-6-7-26(23,24)10-13)15(20)8-14-16(21)18-17(22)25-14/h2-5,13-14H,6-10H2,1H3,(H,18,21,22). The number of carbonyl (C=O) groups is 3. The number of benzene rings is 1. The van der Waals surface area contributed by atoms with Crippen LogP contribution in [0.2, 0.25) is 0 Å². The molecule has 1 aromatic rings. The van der Waals surface area contributed by atoms with E-state index in [4.69, 9.17) is 0 Å². The van der Waals surface area contributed by atoms with Crippen molar-refractivity contribution in [3.05, 3.63) is 35.4 Å². The van der Waals surface area contributed by atoms with Crippen LogP contribution in [0.1, 0.15) is 24.0 Å². The Morgan fingerprint density at radius 2 is 1.96 bits per heavy atom. The average Bonchev–Trinajstić information content (AvgIpc) is 3.08. The van der Waals surface area contributed by atoms with Crippen LogP contribution < -0.4 is 5.32 Å². The molecule has 2 fully saturated rings. The Labute approximate surface area is 156 Å². The van der Waals surface area contributed by atoms with Gasteiger partial charge < -0.3 is 4.90 Å². The van der Waals surface area contributed by atoms with Gasteiger partial charge in [-0.15, -0.1) is 0 Å². The second-order valence-electron chi connectivity index (χ2n) is 6.65. The summed E-state index contributed by atoms with van der Waals surface area (Å²) in [7, 11) is -3.15. The fourth-order valence-corrected chi connectivity index (χ4v) is 5.68. The van der Waals surface area contributed by atoms with E-state index in [0.29, 0.717) is 6.42 Å². The normalized spacial score (nSPS) is 24.5. The maximum atomic E-state index is 12.8. The average molecular weight is 396 g/mol. The first-order chi connectivity index (χ1) is 12.2. The molecule has 2 aliphatic heterocycles. The monoisotopic (exact) mass is 396 g/mol. The summed E-state index contributed by atoms with van der Waals surface area (Å²) in [6, 6.07) is 7.27. The number of carbonyl (C=O) groups excluding carboxylic acids is 3. The maximum absolute atomic E-state index is 12.8. The summed E-state index contributed by atoms with van der Waals surface area (Å²) < 4.78 is 23.7. The second kappa shape index (κ2) is 7.40. The van der Waals surface area contributed by atoms with Crippen LogP contribution >= 0.6 is 11.8 Å².